The van der Waals surface area contributed by atoms with Crippen LogP contribution in [0.15, 0.2) is 83.6 Å². The summed E-state index contributed by atoms with van der Waals surface area (Å²) in [6.07, 6.45) is 3.25. The zero-order chi connectivity index (χ0) is 20.2. The van der Waals surface area contributed by atoms with Crippen molar-refractivity contribution in [2.24, 2.45) is 0 Å². The zero-order valence-corrected chi connectivity index (χ0v) is 15.6. The Morgan fingerprint density at radius 3 is 2.45 bits per heavy atom. The van der Waals surface area contributed by atoms with Crippen LogP contribution in [0.3, 0.4) is 0 Å². The Balaban J connectivity index is 1.68. The van der Waals surface area contributed by atoms with Crippen molar-refractivity contribution >= 4 is 17.4 Å². The molecule has 1 amide bonds. The fraction of sp³-hybridized carbons (Fsp3) is 0.0435. The number of aromatic nitrogens is 2. The lowest BCUT2D eigenvalue weighted by atomic mass is 10.0. The van der Waals surface area contributed by atoms with Gasteiger partial charge in [-0.1, -0.05) is 47.6 Å². The number of rotatable bonds is 5. The third-order valence-corrected chi connectivity index (χ3v) is 4.48. The standard InChI is InChI=1S/C23H17N3O3/c1-15-20(21(26-29-15)17-10-7-13-24-14-17)23(28)25-19-12-6-5-11-18(19)22(27)16-8-3-2-4-9-16/h2-14H,1H3,(H,25,28). The van der Waals surface area contributed by atoms with Gasteiger partial charge in [-0.3, -0.25) is 14.6 Å². The number of aryl methyl sites for hydroxylation is 1. The van der Waals surface area contributed by atoms with E-state index in [0.29, 0.717) is 39.4 Å². The van der Waals surface area contributed by atoms with E-state index in [2.05, 4.69) is 15.5 Å². The average molecular weight is 383 g/mol. The molecule has 0 unspecified atom stereocenters. The molecule has 0 spiro atoms. The van der Waals surface area contributed by atoms with Crippen LogP contribution in [0.2, 0.25) is 0 Å². The van der Waals surface area contributed by atoms with Crippen LogP contribution in [0, 0.1) is 6.92 Å². The van der Waals surface area contributed by atoms with E-state index in [1.54, 1.807) is 80.0 Å². The quantitative estimate of drug-likeness (QED) is 0.512. The van der Waals surface area contributed by atoms with Gasteiger partial charge in [0.25, 0.3) is 5.91 Å². The van der Waals surface area contributed by atoms with Crippen LogP contribution in [0.1, 0.15) is 32.0 Å². The number of carbonyl (C=O) groups is 2. The Morgan fingerprint density at radius 1 is 0.931 bits per heavy atom. The Morgan fingerprint density at radius 2 is 1.69 bits per heavy atom. The van der Waals surface area contributed by atoms with E-state index in [0.717, 1.165) is 0 Å². The molecular formula is C23H17N3O3. The molecule has 0 saturated heterocycles. The number of anilines is 1. The van der Waals surface area contributed by atoms with Crippen molar-refractivity contribution in [2.45, 2.75) is 6.92 Å². The van der Waals surface area contributed by atoms with Crippen LogP contribution in [0.5, 0.6) is 0 Å². The number of nitrogens with one attached hydrogen (secondary N) is 1. The molecule has 29 heavy (non-hydrogen) atoms. The molecule has 0 fully saturated rings. The topological polar surface area (TPSA) is 85.1 Å². The van der Waals surface area contributed by atoms with Crippen LogP contribution in [-0.4, -0.2) is 21.8 Å². The predicted molar refractivity (Wildman–Crippen MR) is 109 cm³/mol. The third kappa shape index (κ3) is 3.68. The number of amides is 1. The van der Waals surface area contributed by atoms with E-state index in [9.17, 15) is 9.59 Å². The maximum atomic E-state index is 13.1. The molecule has 0 saturated carbocycles. The van der Waals surface area contributed by atoms with Crippen molar-refractivity contribution in [1.82, 2.24) is 10.1 Å². The third-order valence-electron chi connectivity index (χ3n) is 4.48. The molecular weight excluding hydrogens is 366 g/mol. The largest absolute Gasteiger partial charge is 0.360 e. The molecule has 0 aliphatic carbocycles. The summed E-state index contributed by atoms with van der Waals surface area (Å²) in [6.45, 7) is 1.67. The Labute approximate surface area is 167 Å². The number of para-hydroxylation sites is 1. The average Bonchev–Trinajstić information content (AvgIpc) is 3.16. The highest BCUT2D eigenvalue weighted by Crippen LogP contribution is 2.26. The maximum Gasteiger partial charge on any atom is 0.261 e. The lowest BCUT2D eigenvalue weighted by molar-refractivity contribution is 0.102. The van der Waals surface area contributed by atoms with Gasteiger partial charge in [-0.15, -0.1) is 0 Å². The molecule has 0 aliphatic rings. The minimum atomic E-state index is -0.407. The molecule has 4 aromatic rings. The molecule has 0 bridgehead atoms. The SMILES string of the molecule is Cc1onc(-c2cccnc2)c1C(=O)Nc1ccccc1C(=O)c1ccccc1. The Hall–Kier alpha value is -4.06. The number of benzene rings is 2. The van der Waals surface area contributed by atoms with Gasteiger partial charge in [-0.05, 0) is 31.2 Å². The fourth-order valence-electron chi connectivity index (χ4n) is 3.06. The van der Waals surface area contributed by atoms with Crippen LogP contribution >= 0.6 is 0 Å². The number of pyridine rings is 1. The van der Waals surface area contributed by atoms with Gasteiger partial charge in [0.15, 0.2) is 5.78 Å². The smallest absolute Gasteiger partial charge is 0.261 e. The van der Waals surface area contributed by atoms with Gasteiger partial charge in [0.1, 0.15) is 17.0 Å². The van der Waals surface area contributed by atoms with E-state index < -0.39 is 5.91 Å². The zero-order valence-electron chi connectivity index (χ0n) is 15.6. The molecule has 2 aromatic heterocycles. The molecule has 2 heterocycles. The van der Waals surface area contributed by atoms with Gasteiger partial charge in [-0.25, -0.2) is 0 Å². The Bertz CT molecular complexity index is 1170. The summed E-state index contributed by atoms with van der Waals surface area (Å²) in [5, 5.41) is 6.85. The second kappa shape index (κ2) is 7.90. The highest BCUT2D eigenvalue weighted by molar-refractivity contribution is 6.16. The number of nitrogens with zero attached hydrogens (tertiary/aromatic N) is 2. The summed E-state index contributed by atoms with van der Waals surface area (Å²) < 4.78 is 5.25. The van der Waals surface area contributed by atoms with Crippen LogP contribution < -0.4 is 5.32 Å². The monoisotopic (exact) mass is 383 g/mol. The van der Waals surface area contributed by atoms with Crippen molar-refractivity contribution in [3.8, 4) is 11.3 Å². The second-order valence-corrected chi connectivity index (χ2v) is 6.40. The minimum Gasteiger partial charge on any atom is -0.360 e. The van der Waals surface area contributed by atoms with Gasteiger partial charge in [0.2, 0.25) is 0 Å². The minimum absolute atomic E-state index is 0.170. The van der Waals surface area contributed by atoms with Crippen molar-refractivity contribution in [3.05, 3.63) is 102 Å². The van der Waals surface area contributed by atoms with Gasteiger partial charge in [-0.2, -0.15) is 0 Å². The summed E-state index contributed by atoms with van der Waals surface area (Å²) in [6, 6.07) is 19.4. The fourth-order valence-corrected chi connectivity index (χ4v) is 3.06. The lowest BCUT2D eigenvalue weighted by Crippen LogP contribution is -2.16. The maximum absolute atomic E-state index is 13.1. The first-order valence-electron chi connectivity index (χ1n) is 9.02. The van der Waals surface area contributed by atoms with Gasteiger partial charge in [0, 0.05) is 29.1 Å². The number of hydrogen-bond donors (Lipinski definition) is 1. The molecule has 4 rings (SSSR count). The molecule has 6 nitrogen and oxygen atoms in total. The first-order valence-corrected chi connectivity index (χ1v) is 9.02. The van der Waals surface area contributed by atoms with Gasteiger partial charge in [0.05, 0.1) is 5.69 Å². The summed E-state index contributed by atoms with van der Waals surface area (Å²) in [5.74, 6) is -0.194. The predicted octanol–water partition coefficient (Wildman–Crippen LogP) is 4.53. The molecule has 2 aromatic carbocycles. The van der Waals surface area contributed by atoms with Crippen LogP contribution in [0.4, 0.5) is 5.69 Å². The normalized spacial score (nSPS) is 10.5. The summed E-state index contributed by atoms with van der Waals surface area (Å²) in [4.78, 5) is 30.0. The summed E-state index contributed by atoms with van der Waals surface area (Å²) in [5.41, 5.74) is 2.75. The molecule has 0 aliphatic heterocycles. The highest BCUT2D eigenvalue weighted by Gasteiger charge is 2.23. The van der Waals surface area contributed by atoms with E-state index in [-0.39, 0.29) is 5.78 Å². The molecule has 0 atom stereocenters. The molecule has 142 valence electrons. The number of hydrogen-bond acceptors (Lipinski definition) is 5. The van der Waals surface area contributed by atoms with E-state index in [1.807, 2.05) is 6.07 Å². The van der Waals surface area contributed by atoms with Crippen molar-refractivity contribution < 1.29 is 14.1 Å². The summed E-state index contributed by atoms with van der Waals surface area (Å²) >= 11 is 0. The van der Waals surface area contributed by atoms with Crippen molar-refractivity contribution in [2.75, 3.05) is 5.32 Å². The van der Waals surface area contributed by atoms with Crippen molar-refractivity contribution in [1.29, 1.82) is 0 Å². The van der Waals surface area contributed by atoms with Crippen LogP contribution in [0.25, 0.3) is 11.3 Å². The Kier molecular flexibility index (Phi) is 4.99. The number of ketones is 1. The molecule has 0 radical (unpaired) electrons. The summed E-state index contributed by atoms with van der Waals surface area (Å²) in [7, 11) is 0. The van der Waals surface area contributed by atoms with E-state index in [4.69, 9.17) is 4.52 Å². The van der Waals surface area contributed by atoms with Crippen molar-refractivity contribution in [3.63, 3.8) is 0 Å². The van der Waals surface area contributed by atoms with E-state index >= 15 is 0 Å². The number of carbonyl (C=O) groups excluding carboxylic acids is 2. The first-order chi connectivity index (χ1) is 14.1. The first kappa shape index (κ1) is 18.3. The molecule has 6 heteroatoms. The van der Waals surface area contributed by atoms with Gasteiger partial charge < -0.3 is 9.84 Å². The van der Waals surface area contributed by atoms with Gasteiger partial charge >= 0.3 is 0 Å². The lowest BCUT2D eigenvalue weighted by Gasteiger charge is -2.11. The van der Waals surface area contributed by atoms with Crippen LogP contribution in [-0.2, 0) is 0 Å². The van der Waals surface area contributed by atoms with E-state index in [1.165, 1.54) is 0 Å². The highest BCUT2D eigenvalue weighted by atomic mass is 16.5. The molecule has 1 N–H and O–H groups in total. The second-order valence-electron chi connectivity index (χ2n) is 6.40.